The summed E-state index contributed by atoms with van der Waals surface area (Å²) in [6.07, 6.45) is -5.65. The number of benzene rings is 1. The van der Waals surface area contributed by atoms with Gasteiger partial charge in [0, 0.05) is 12.1 Å². The summed E-state index contributed by atoms with van der Waals surface area (Å²) in [4.78, 5) is 42.3. The zero-order chi connectivity index (χ0) is 22.4. The summed E-state index contributed by atoms with van der Waals surface area (Å²) in [6.45, 7) is -0.759. The van der Waals surface area contributed by atoms with Crippen molar-refractivity contribution in [2.24, 2.45) is 0 Å². The molecule has 0 spiro atoms. The molecule has 1 fully saturated rings. The summed E-state index contributed by atoms with van der Waals surface area (Å²) in [5.41, 5.74) is 4.06. The lowest BCUT2D eigenvalue weighted by Gasteiger charge is -2.15. The number of aliphatic hydroxyl groups excluding tert-OH is 3. The van der Waals surface area contributed by atoms with Crippen LogP contribution in [0, 0.1) is 10.1 Å². The highest BCUT2D eigenvalue weighted by Gasteiger charge is 2.45. The van der Waals surface area contributed by atoms with Crippen LogP contribution in [-0.2, 0) is 11.3 Å². The van der Waals surface area contributed by atoms with Gasteiger partial charge in [-0.1, -0.05) is 12.1 Å². The highest BCUT2D eigenvalue weighted by atomic mass is 16.6. The molecule has 1 aliphatic rings. The van der Waals surface area contributed by atoms with Gasteiger partial charge in [-0.25, -0.2) is 9.36 Å². The molecule has 31 heavy (non-hydrogen) atoms. The highest BCUT2D eigenvalue weighted by molar-refractivity contribution is 5.72. The second kappa shape index (κ2) is 7.59. The van der Waals surface area contributed by atoms with Crippen molar-refractivity contribution in [2.75, 3.05) is 12.3 Å². The molecule has 0 radical (unpaired) electrons. The van der Waals surface area contributed by atoms with Crippen molar-refractivity contribution in [2.45, 2.75) is 31.1 Å². The number of rotatable bonds is 5. The van der Waals surface area contributed by atoms with Crippen LogP contribution in [0.5, 0.6) is 0 Å². The van der Waals surface area contributed by atoms with Crippen molar-refractivity contribution in [3.63, 3.8) is 0 Å². The van der Waals surface area contributed by atoms with Crippen LogP contribution in [0.2, 0.25) is 0 Å². The fraction of sp³-hybridized carbons (Fsp3) is 0.353. The molecule has 3 aromatic rings. The molecule has 0 saturated carbocycles. The summed E-state index contributed by atoms with van der Waals surface area (Å²) >= 11 is 0. The predicted octanol–water partition coefficient (Wildman–Crippen LogP) is -1.96. The minimum atomic E-state index is -1.59. The van der Waals surface area contributed by atoms with Crippen LogP contribution in [0.3, 0.4) is 0 Å². The Kier molecular flexibility index (Phi) is 5.06. The van der Waals surface area contributed by atoms with Gasteiger partial charge in [0.1, 0.15) is 18.3 Å². The number of nitrogens with one attached hydrogen (secondary N) is 1. The van der Waals surface area contributed by atoms with Gasteiger partial charge in [0.05, 0.1) is 18.1 Å². The Morgan fingerprint density at radius 1 is 1.23 bits per heavy atom. The SMILES string of the molecule is Nc1nc2c(c(=O)[nH]1)n(Cc1ccc([N+](=O)[O-])cc1)c(=O)n2C1OC(CO)[C@@H](O)[C@H]1O. The monoisotopic (exact) mass is 434 g/mol. The number of H-pyrrole nitrogens is 1. The van der Waals surface area contributed by atoms with Crippen molar-refractivity contribution in [1.82, 2.24) is 19.1 Å². The lowest BCUT2D eigenvalue weighted by Crippen LogP contribution is -2.36. The third kappa shape index (κ3) is 3.36. The molecular weight excluding hydrogens is 416 g/mol. The molecule has 2 unspecified atom stereocenters. The number of non-ortho nitro benzene ring substituents is 1. The van der Waals surface area contributed by atoms with Gasteiger partial charge in [0.15, 0.2) is 17.4 Å². The maximum Gasteiger partial charge on any atom is 0.333 e. The maximum atomic E-state index is 13.2. The fourth-order valence-corrected chi connectivity index (χ4v) is 3.57. The summed E-state index contributed by atoms with van der Waals surface area (Å²) in [5, 5.41) is 40.6. The van der Waals surface area contributed by atoms with E-state index in [1.807, 2.05) is 0 Å². The molecule has 14 heteroatoms. The molecule has 2 aromatic heterocycles. The largest absolute Gasteiger partial charge is 0.394 e. The van der Waals surface area contributed by atoms with Crippen molar-refractivity contribution in [3.05, 3.63) is 60.8 Å². The number of anilines is 1. The molecule has 1 saturated heterocycles. The molecule has 1 aromatic carbocycles. The molecule has 1 aliphatic heterocycles. The third-order valence-electron chi connectivity index (χ3n) is 5.09. The van der Waals surface area contributed by atoms with E-state index in [0.29, 0.717) is 5.56 Å². The van der Waals surface area contributed by atoms with Crippen LogP contribution in [0.4, 0.5) is 11.6 Å². The first kappa shape index (κ1) is 20.7. The molecule has 0 aliphatic carbocycles. The Hall–Kier alpha value is -3.59. The Morgan fingerprint density at radius 2 is 1.90 bits per heavy atom. The number of aromatic nitrogens is 4. The Labute approximate surface area is 171 Å². The lowest BCUT2D eigenvalue weighted by atomic mass is 10.1. The van der Waals surface area contributed by atoms with Gasteiger partial charge < -0.3 is 25.8 Å². The van der Waals surface area contributed by atoms with E-state index in [-0.39, 0.29) is 29.3 Å². The second-order valence-electron chi connectivity index (χ2n) is 7.01. The molecule has 164 valence electrons. The first-order valence-electron chi connectivity index (χ1n) is 9.09. The number of imidazole rings is 1. The van der Waals surface area contributed by atoms with Crippen LogP contribution >= 0.6 is 0 Å². The summed E-state index contributed by atoms with van der Waals surface area (Å²) in [6, 6.07) is 5.37. The Morgan fingerprint density at radius 3 is 2.48 bits per heavy atom. The van der Waals surface area contributed by atoms with Crippen molar-refractivity contribution in [3.8, 4) is 0 Å². The van der Waals surface area contributed by atoms with Crippen molar-refractivity contribution >= 4 is 22.8 Å². The molecular formula is C17H18N6O8. The number of ether oxygens (including phenoxy) is 1. The number of hydrogen-bond donors (Lipinski definition) is 5. The quantitative estimate of drug-likeness (QED) is 0.221. The van der Waals surface area contributed by atoms with Gasteiger partial charge in [0.2, 0.25) is 5.95 Å². The minimum Gasteiger partial charge on any atom is -0.394 e. The normalized spacial score (nSPS) is 23.5. The van der Waals surface area contributed by atoms with E-state index in [1.54, 1.807) is 0 Å². The number of nitro groups is 1. The molecule has 0 bridgehead atoms. The molecule has 14 nitrogen and oxygen atoms in total. The van der Waals surface area contributed by atoms with E-state index < -0.39 is 47.3 Å². The Balaban J connectivity index is 1.87. The van der Waals surface area contributed by atoms with Gasteiger partial charge in [-0.3, -0.25) is 24.5 Å². The van der Waals surface area contributed by atoms with Crippen molar-refractivity contribution in [1.29, 1.82) is 0 Å². The molecule has 4 atom stereocenters. The van der Waals surface area contributed by atoms with Crippen LogP contribution in [0.1, 0.15) is 11.8 Å². The molecule has 3 heterocycles. The van der Waals surface area contributed by atoms with Crippen LogP contribution in [0.15, 0.2) is 33.9 Å². The number of aromatic amines is 1. The van der Waals surface area contributed by atoms with Gasteiger partial charge in [-0.05, 0) is 5.56 Å². The van der Waals surface area contributed by atoms with Gasteiger partial charge in [-0.2, -0.15) is 4.98 Å². The topological polar surface area (TPSA) is 212 Å². The van der Waals surface area contributed by atoms with Crippen molar-refractivity contribution < 1.29 is 25.0 Å². The second-order valence-corrected chi connectivity index (χ2v) is 7.01. The van der Waals surface area contributed by atoms with E-state index in [2.05, 4.69) is 9.97 Å². The van der Waals surface area contributed by atoms with E-state index in [1.165, 1.54) is 24.3 Å². The number of nitrogen functional groups attached to an aromatic ring is 1. The standard InChI is InChI=1S/C17H18N6O8/c18-16-19-13-10(14(27)20-16)21(5-7-1-3-8(4-2-7)23(29)30)17(28)22(13)15-12(26)11(25)9(6-24)31-15/h1-4,9,11-12,15,24-26H,5-6H2,(H3,18,19,20,27)/t9?,11-,12-,15?/m1/s1. The Bertz CT molecular complexity index is 1260. The van der Waals surface area contributed by atoms with E-state index in [9.17, 15) is 35.0 Å². The third-order valence-corrected chi connectivity index (χ3v) is 5.09. The van der Waals surface area contributed by atoms with E-state index >= 15 is 0 Å². The number of aliphatic hydroxyl groups is 3. The van der Waals surface area contributed by atoms with Crippen LogP contribution < -0.4 is 17.0 Å². The van der Waals surface area contributed by atoms with Gasteiger partial charge >= 0.3 is 5.69 Å². The summed E-state index contributed by atoms with van der Waals surface area (Å²) in [7, 11) is 0. The van der Waals surface area contributed by atoms with Gasteiger partial charge in [0.25, 0.3) is 11.2 Å². The average molecular weight is 434 g/mol. The summed E-state index contributed by atoms with van der Waals surface area (Å²) < 4.78 is 7.36. The van der Waals surface area contributed by atoms with Crippen LogP contribution in [-0.4, -0.2) is 64.3 Å². The minimum absolute atomic E-state index is 0.141. The molecule has 6 N–H and O–H groups in total. The zero-order valence-corrected chi connectivity index (χ0v) is 15.8. The number of hydrogen-bond acceptors (Lipinski definition) is 10. The molecule has 0 amide bonds. The number of nitro benzene ring substituents is 1. The average Bonchev–Trinajstić information content (AvgIpc) is 3.16. The lowest BCUT2D eigenvalue weighted by molar-refractivity contribution is -0.384. The van der Waals surface area contributed by atoms with Gasteiger partial charge in [-0.15, -0.1) is 0 Å². The molecule has 4 rings (SSSR count). The first-order valence-corrected chi connectivity index (χ1v) is 9.09. The van der Waals surface area contributed by atoms with E-state index in [0.717, 1.165) is 9.13 Å². The summed E-state index contributed by atoms with van der Waals surface area (Å²) in [5.74, 6) is -0.287. The number of fused-ring (bicyclic) bond motifs is 1. The van der Waals surface area contributed by atoms with Crippen LogP contribution in [0.25, 0.3) is 11.2 Å². The first-order chi connectivity index (χ1) is 14.7. The smallest absolute Gasteiger partial charge is 0.333 e. The zero-order valence-electron chi connectivity index (χ0n) is 15.8. The van der Waals surface area contributed by atoms with E-state index in [4.69, 9.17) is 10.5 Å². The predicted molar refractivity (Wildman–Crippen MR) is 104 cm³/mol. The highest BCUT2D eigenvalue weighted by Crippen LogP contribution is 2.30. The number of nitrogens with two attached hydrogens (primary N) is 1. The fourth-order valence-electron chi connectivity index (χ4n) is 3.57. The maximum absolute atomic E-state index is 13.2. The number of nitrogens with zero attached hydrogens (tertiary/aromatic N) is 4.